The van der Waals surface area contributed by atoms with Crippen molar-refractivity contribution in [3.05, 3.63) is 51.8 Å². The van der Waals surface area contributed by atoms with Gasteiger partial charge >= 0.3 is 58.8 Å². The Hall–Kier alpha value is 0.468. The molecular weight excluding hydrogens is 654 g/mol. The molecule has 1 aromatic carbocycles. The van der Waals surface area contributed by atoms with Gasteiger partial charge in [0.15, 0.2) is 0 Å². The van der Waals surface area contributed by atoms with Gasteiger partial charge in [-0.05, 0) is 17.7 Å². The van der Waals surface area contributed by atoms with E-state index in [2.05, 4.69) is 74.2 Å². The Kier molecular flexibility index (Phi) is 8.01. The van der Waals surface area contributed by atoms with Crippen LogP contribution in [0.1, 0.15) is 5.56 Å². The van der Waals surface area contributed by atoms with E-state index in [1.807, 2.05) is 27.8 Å². The molecule has 7 heteroatoms. The molecule has 0 spiro atoms. The van der Waals surface area contributed by atoms with E-state index in [4.69, 9.17) is 0 Å². The average Bonchev–Trinajstić information content (AvgIpc) is 2.64. The van der Waals surface area contributed by atoms with Crippen LogP contribution in [0.2, 0.25) is 0 Å². The van der Waals surface area contributed by atoms with Gasteiger partial charge in [-0.25, -0.2) is 4.39 Å². The predicted molar refractivity (Wildman–Crippen MR) is 87.6 cm³/mol. The first kappa shape index (κ1) is 17.5. The molecule has 19 heavy (non-hydrogen) atoms. The summed E-state index contributed by atoms with van der Waals surface area (Å²) in [6.45, 7) is 0.835. The van der Waals surface area contributed by atoms with Crippen LogP contribution in [-0.4, -0.2) is 10.5 Å². The first-order valence-corrected chi connectivity index (χ1v) is 8.43. The quantitative estimate of drug-likeness (QED) is 0.352. The molecule has 1 heterocycles. The zero-order chi connectivity index (χ0) is 14.4. The largest absolute Gasteiger partial charge is 0.207 e. The fourth-order valence-electron chi connectivity index (χ4n) is 1.29. The van der Waals surface area contributed by atoms with Crippen molar-refractivity contribution in [1.29, 1.82) is 0 Å². The van der Waals surface area contributed by atoms with Crippen LogP contribution in [0.4, 0.5) is 4.39 Å². The molecule has 0 bridgehead atoms. The summed E-state index contributed by atoms with van der Waals surface area (Å²) >= 11 is 6.64. The third-order valence-electron chi connectivity index (χ3n) is 2.27. The number of benzene rings is 1. The van der Waals surface area contributed by atoms with Crippen LogP contribution >= 0.6 is 45.7 Å². The van der Waals surface area contributed by atoms with Gasteiger partial charge in [0.1, 0.15) is 5.82 Å². The third kappa shape index (κ3) is 6.64. The first-order valence-electron chi connectivity index (χ1n) is 5.37. The van der Waals surface area contributed by atoms with Crippen LogP contribution in [0.5, 0.6) is 0 Å². The van der Waals surface area contributed by atoms with Crippen molar-refractivity contribution < 1.29 is 23.7 Å². The van der Waals surface area contributed by atoms with Crippen molar-refractivity contribution in [1.82, 2.24) is 10.5 Å². The first-order chi connectivity index (χ1) is 8.90. The van der Waals surface area contributed by atoms with Gasteiger partial charge in [0, 0.05) is 52.3 Å². The van der Waals surface area contributed by atoms with Crippen LogP contribution in [0, 0.1) is 9.62 Å². The number of hydrogen-bond acceptors (Lipinski definition) is 1. The molecule has 0 saturated carbocycles. The fraction of sp³-hybridized carbons (Fsp3) is 0.250. The van der Waals surface area contributed by atoms with Crippen LogP contribution in [0.3, 0.4) is 0 Å². The molecule has 0 amide bonds. The molecule has 0 fully saturated rings. The zero-order valence-electron chi connectivity index (χ0n) is 10.5. The van der Waals surface area contributed by atoms with E-state index < -0.39 is 0 Å². The molecule has 108 valence electrons. The molecule has 0 aliphatic carbocycles. The van der Waals surface area contributed by atoms with E-state index in [9.17, 15) is 4.39 Å². The van der Waals surface area contributed by atoms with E-state index in [-0.39, 0.29) is 5.82 Å². The normalized spacial score (nSPS) is 10.3. The molecule has 0 aliphatic heterocycles. The van der Waals surface area contributed by atoms with E-state index in [1.165, 1.54) is 15.9 Å². The Bertz CT molecular complexity index is 541. The van der Waals surface area contributed by atoms with Gasteiger partial charge < -0.3 is 0 Å². The summed E-state index contributed by atoms with van der Waals surface area (Å²) in [7, 11) is 4.06. The maximum Gasteiger partial charge on any atom is 0.123 e. The molecule has 0 saturated heterocycles. The Morgan fingerprint density at radius 2 is 1.58 bits per heavy atom. The number of rotatable bonds is 2. The van der Waals surface area contributed by atoms with E-state index >= 15 is 0 Å². The van der Waals surface area contributed by atoms with Crippen molar-refractivity contribution >= 4 is 45.7 Å². The van der Waals surface area contributed by atoms with E-state index in [1.54, 1.807) is 12.1 Å². The molecule has 2 rings (SSSR count). The Morgan fingerprint density at radius 3 is 1.89 bits per heavy atom. The van der Waals surface area contributed by atoms with Gasteiger partial charge in [0.25, 0.3) is 0 Å². The molecule has 0 radical (unpaired) electrons. The fourth-order valence-corrected chi connectivity index (χ4v) is 2.42. The number of hydrogen-bond donors (Lipinski definition) is 0. The number of aryl methyl sites for hydroxylation is 2. The minimum absolute atomic E-state index is 0.179. The van der Waals surface area contributed by atoms with Gasteiger partial charge in [-0.2, -0.15) is 1.33 Å². The molecule has 0 N–H and O–H groups in total. The summed E-state index contributed by atoms with van der Waals surface area (Å²) in [5.41, 5.74) is 1.12. The molecule has 3 nitrogen and oxygen atoms in total. The summed E-state index contributed by atoms with van der Waals surface area (Å²) in [4.78, 5) is 0. The predicted octanol–water partition coefficient (Wildman–Crippen LogP) is 3.77. The maximum atomic E-state index is 12.4. The number of imidazole rings is 1. The minimum atomic E-state index is -0.179. The van der Waals surface area contributed by atoms with Gasteiger partial charge in [-0.1, -0.05) is 12.1 Å². The van der Waals surface area contributed by atoms with E-state index in [0.717, 1.165) is 12.1 Å². The van der Waals surface area contributed by atoms with Gasteiger partial charge in [0.05, 0.1) is 0 Å². The van der Waals surface area contributed by atoms with Gasteiger partial charge in [0.2, 0.25) is 0 Å². The second-order valence-corrected chi connectivity index (χ2v) is 9.04. The van der Waals surface area contributed by atoms with Crippen molar-refractivity contribution in [2.75, 3.05) is 0 Å². The smallest absolute Gasteiger partial charge is 0.123 e. The Labute approximate surface area is 151 Å². The van der Waals surface area contributed by atoms with Gasteiger partial charge in [-0.3, -0.25) is 0 Å². The second kappa shape index (κ2) is 8.69. The third-order valence-corrected chi connectivity index (χ3v) is 4.55. The van der Waals surface area contributed by atoms with Crippen LogP contribution in [-0.2, 0) is 40.0 Å². The van der Waals surface area contributed by atoms with E-state index in [0.29, 0.717) is 0 Å². The molecule has 2 aromatic rings. The topological polar surface area (TPSA) is 13.1 Å². The monoisotopic (exact) mass is 668 g/mol. The SMILES string of the molecule is Cn1ccn(C)[c]1=[Pt].Fc1ccc(CN(I)I)cc1. The molecule has 1 aromatic heterocycles. The summed E-state index contributed by atoms with van der Waals surface area (Å²) < 4.78 is 19.8. The van der Waals surface area contributed by atoms with Crippen molar-refractivity contribution in [2.24, 2.45) is 14.1 Å². The Balaban J connectivity index is 0.000000200. The molecular formula is C12H14FI2N3Pt. The zero-order valence-corrected chi connectivity index (χ0v) is 17.1. The van der Waals surface area contributed by atoms with Crippen LogP contribution in [0.15, 0.2) is 36.7 Å². The summed E-state index contributed by atoms with van der Waals surface area (Å²) in [6.07, 6.45) is 4.06. The van der Waals surface area contributed by atoms with Crippen LogP contribution < -0.4 is 0 Å². The summed E-state index contributed by atoms with van der Waals surface area (Å²) in [5, 5.41) is 0. The molecule has 0 aliphatic rings. The van der Waals surface area contributed by atoms with Crippen LogP contribution in [0.25, 0.3) is 0 Å². The van der Waals surface area contributed by atoms with Gasteiger partial charge in [-0.15, -0.1) is 0 Å². The minimum Gasteiger partial charge on any atom is -0.207 e. The number of aromatic nitrogens is 2. The Morgan fingerprint density at radius 1 is 1.11 bits per heavy atom. The maximum absolute atomic E-state index is 12.4. The average molecular weight is 668 g/mol. The molecule has 0 unspecified atom stereocenters. The van der Waals surface area contributed by atoms with Crippen molar-refractivity contribution in [3.8, 4) is 0 Å². The number of nitrogens with zero attached hydrogens (tertiary/aromatic N) is 3. The van der Waals surface area contributed by atoms with Crippen molar-refractivity contribution in [2.45, 2.75) is 6.54 Å². The second-order valence-electron chi connectivity index (χ2n) is 3.85. The number of halogens is 3. The summed E-state index contributed by atoms with van der Waals surface area (Å²) in [5.74, 6) is -0.179. The van der Waals surface area contributed by atoms with Crippen molar-refractivity contribution in [3.63, 3.8) is 0 Å². The standard InChI is InChI=1S/C7H6FI2N.C5H8N2.Pt/c8-7-3-1-6(2-4-7)5-11(9)10;1-6-3-4-7(2)5-6;/h1-4H,5H2;3-4H,1-2H3;. The summed E-state index contributed by atoms with van der Waals surface area (Å²) in [6, 6.07) is 6.54. The molecule has 0 atom stereocenters.